The molecule has 0 spiro atoms. The van der Waals surface area contributed by atoms with E-state index in [9.17, 15) is 4.79 Å². The predicted octanol–water partition coefficient (Wildman–Crippen LogP) is 2.76. The van der Waals surface area contributed by atoms with Gasteiger partial charge in [0.25, 0.3) is 0 Å². The average Bonchev–Trinajstić information content (AvgIpc) is 1.78. The summed E-state index contributed by atoms with van der Waals surface area (Å²) in [5, 5.41) is 0. The van der Waals surface area contributed by atoms with Crippen molar-refractivity contribution in [3.8, 4) is 0 Å². The molecule has 0 bridgehead atoms. The first-order chi connectivity index (χ1) is 6.01. The third-order valence-electron chi connectivity index (χ3n) is 2.12. The molecular formula is C10H25NOSi2. The van der Waals surface area contributed by atoms with Gasteiger partial charge in [0.05, 0.1) is 0 Å². The molecule has 1 amide bonds. The van der Waals surface area contributed by atoms with E-state index in [0.29, 0.717) is 0 Å². The summed E-state index contributed by atoms with van der Waals surface area (Å²) < 4.78 is 0. The molecule has 0 aromatic heterocycles. The Balaban J connectivity index is 4.40. The highest BCUT2D eigenvalue weighted by Crippen LogP contribution is 2.25. The van der Waals surface area contributed by atoms with Crippen molar-refractivity contribution in [2.45, 2.75) is 51.4 Å². The van der Waals surface area contributed by atoms with Crippen molar-refractivity contribution in [3.05, 3.63) is 0 Å². The number of carbonyl (C=O) groups excluding carboxylic acids is 1. The number of hydrogen-bond acceptors (Lipinski definition) is 1. The largest absolute Gasteiger partial charge is 0.369 e. The van der Waals surface area contributed by atoms with E-state index in [1.165, 1.54) is 0 Å². The normalized spacial score (nSPS) is 13.4. The van der Waals surface area contributed by atoms with E-state index in [1.807, 2.05) is 0 Å². The standard InChI is InChI=1S/C10H25NOSi2/c1-13(2,3)7-9(10(11)12)8-14(4,5)6/h9H,7-8H2,1-6H3,(H2,11,12). The van der Waals surface area contributed by atoms with Gasteiger partial charge in [-0.2, -0.15) is 0 Å². The van der Waals surface area contributed by atoms with E-state index in [0.717, 1.165) is 12.1 Å². The first kappa shape index (κ1) is 13.9. The quantitative estimate of drug-likeness (QED) is 0.727. The molecule has 0 radical (unpaired) electrons. The maximum Gasteiger partial charge on any atom is 0.219 e. The molecule has 2 N–H and O–H groups in total. The lowest BCUT2D eigenvalue weighted by Crippen LogP contribution is -2.36. The van der Waals surface area contributed by atoms with Crippen LogP contribution in [0.3, 0.4) is 0 Å². The van der Waals surface area contributed by atoms with Crippen molar-refractivity contribution in [2.75, 3.05) is 0 Å². The molecule has 0 saturated heterocycles. The third kappa shape index (κ3) is 7.32. The van der Waals surface area contributed by atoms with E-state index in [1.54, 1.807) is 0 Å². The maximum atomic E-state index is 11.3. The highest BCUT2D eigenvalue weighted by Gasteiger charge is 2.28. The van der Waals surface area contributed by atoms with Crippen molar-refractivity contribution in [1.29, 1.82) is 0 Å². The van der Waals surface area contributed by atoms with Crippen LogP contribution in [-0.4, -0.2) is 22.1 Å². The van der Waals surface area contributed by atoms with Crippen molar-refractivity contribution in [2.24, 2.45) is 11.7 Å². The summed E-state index contributed by atoms with van der Waals surface area (Å²) in [6.45, 7) is 13.8. The Morgan fingerprint density at radius 2 is 1.29 bits per heavy atom. The van der Waals surface area contributed by atoms with Crippen molar-refractivity contribution in [1.82, 2.24) is 0 Å². The fourth-order valence-corrected chi connectivity index (χ4v) is 5.69. The monoisotopic (exact) mass is 231 g/mol. The number of primary amides is 1. The molecule has 0 fully saturated rings. The molecule has 0 aliphatic rings. The zero-order valence-corrected chi connectivity index (χ0v) is 12.5. The molecule has 2 nitrogen and oxygen atoms in total. The van der Waals surface area contributed by atoms with Crippen molar-refractivity contribution < 1.29 is 4.79 Å². The molecule has 84 valence electrons. The van der Waals surface area contributed by atoms with Crippen LogP contribution in [0, 0.1) is 5.92 Å². The first-order valence-electron chi connectivity index (χ1n) is 5.31. The van der Waals surface area contributed by atoms with Gasteiger partial charge in [0.2, 0.25) is 5.91 Å². The van der Waals surface area contributed by atoms with Gasteiger partial charge >= 0.3 is 0 Å². The Morgan fingerprint density at radius 3 is 1.43 bits per heavy atom. The van der Waals surface area contributed by atoms with Crippen LogP contribution >= 0.6 is 0 Å². The molecule has 0 aliphatic carbocycles. The van der Waals surface area contributed by atoms with Crippen molar-refractivity contribution >= 4 is 22.1 Å². The lowest BCUT2D eigenvalue weighted by molar-refractivity contribution is -0.120. The molecule has 0 saturated carbocycles. The summed E-state index contributed by atoms with van der Waals surface area (Å²) >= 11 is 0. The minimum Gasteiger partial charge on any atom is -0.369 e. The summed E-state index contributed by atoms with van der Waals surface area (Å²) in [5.74, 6) is 0.0446. The fraction of sp³-hybridized carbons (Fsp3) is 0.900. The van der Waals surface area contributed by atoms with Gasteiger partial charge < -0.3 is 5.73 Å². The Bertz CT molecular complexity index is 187. The Morgan fingerprint density at radius 1 is 1.00 bits per heavy atom. The molecule has 0 unspecified atom stereocenters. The highest BCUT2D eigenvalue weighted by atomic mass is 28.3. The highest BCUT2D eigenvalue weighted by molar-refractivity contribution is 6.78. The molecule has 4 heteroatoms. The van der Waals surface area contributed by atoms with E-state index >= 15 is 0 Å². The fourth-order valence-electron chi connectivity index (χ4n) is 1.75. The summed E-state index contributed by atoms with van der Waals surface area (Å²) in [4.78, 5) is 11.3. The van der Waals surface area contributed by atoms with Gasteiger partial charge in [-0.05, 0) is 12.1 Å². The SMILES string of the molecule is C[Si](C)(C)CC(C[Si](C)(C)C)C(N)=O. The van der Waals surface area contributed by atoms with Gasteiger partial charge in [0.15, 0.2) is 0 Å². The van der Waals surface area contributed by atoms with E-state index in [-0.39, 0.29) is 11.8 Å². The van der Waals surface area contributed by atoms with Gasteiger partial charge in [-0.15, -0.1) is 0 Å². The Labute approximate surface area is 90.3 Å². The molecule has 0 heterocycles. The van der Waals surface area contributed by atoms with Crippen LogP contribution in [0.2, 0.25) is 51.4 Å². The number of nitrogens with two attached hydrogens (primary N) is 1. The second-order valence-corrected chi connectivity index (χ2v) is 17.7. The van der Waals surface area contributed by atoms with Crippen LogP contribution in [0.4, 0.5) is 0 Å². The summed E-state index contributed by atoms with van der Waals surface area (Å²) in [7, 11) is -2.32. The Kier molecular flexibility index (Phi) is 4.58. The second-order valence-electron chi connectivity index (χ2n) is 6.63. The third-order valence-corrected chi connectivity index (χ3v) is 5.56. The zero-order valence-electron chi connectivity index (χ0n) is 10.5. The number of carbonyl (C=O) groups is 1. The van der Waals surface area contributed by atoms with E-state index < -0.39 is 16.1 Å². The molecular weight excluding hydrogens is 206 g/mol. The minimum atomic E-state index is -1.16. The van der Waals surface area contributed by atoms with Crippen LogP contribution < -0.4 is 5.73 Å². The van der Waals surface area contributed by atoms with Crippen LogP contribution in [0.15, 0.2) is 0 Å². The summed E-state index contributed by atoms with van der Waals surface area (Å²) in [6, 6.07) is 2.10. The molecule has 0 rings (SSSR count). The van der Waals surface area contributed by atoms with Gasteiger partial charge in [-0.1, -0.05) is 39.3 Å². The molecule has 14 heavy (non-hydrogen) atoms. The number of rotatable bonds is 5. The van der Waals surface area contributed by atoms with Crippen LogP contribution in [-0.2, 0) is 4.79 Å². The second kappa shape index (κ2) is 4.62. The van der Waals surface area contributed by atoms with Gasteiger partial charge in [0.1, 0.15) is 0 Å². The average molecular weight is 231 g/mol. The smallest absolute Gasteiger partial charge is 0.219 e. The maximum absolute atomic E-state index is 11.3. The van der Waals surface area contributed by atoms with Gasteiger partial charge in [-0.25, -0.2) is 0 Å². The molecule has 0 atom stereocenters. The zero-order chi connectivity index (χ0) is 11.6. The first-order valence-corrected chi connectivity index (χ1v) is 12.7. The van der Waals surface area contributed by atoms with E-state index in [2.05, 4.69) is 39.3 Å². The number of amides is 1. The molecule has 0 aromatic carbocycles. The number of hydrogen-bond donors (Lipinski definition) is 1. The van der Waals surface area contributed by atoms with Crippen LogP contribution in [0.5, 0.6) is 0 Å². The lowest BCUT2D eigenvalue weighted by Gasteiger charge is -2.27. The lowest BCUT2D eigenvalue weighted by atomic mass is 10.2. The van der Waals surface area contributed by atoms with Crippen molar-refractivity contribution in [3.63, 3.8) is 0 Å². The van der Waals surface area contributed by atoms with Crippen LogP contribution in [0.1, 0.15) is 0 Å². The molecule has 0 aromatic rings. The van der Waals surface area contributed by atoms with Gasteiger partial charge in [-0.3, -0.25) is 4.79 Å². The minimum absolute atomic E-state index is 0.0881. The summed E-state index contributed by atoms with van der Waals surface area (Å²) in [6.07, 6.45) is 0. The predicted molar refractivity (Wildman–Crippen MR) is 69.0 cm³/mol. The topological polar surface area (TPSA) is 43.1 Å². The van der Waals surface area contributed by atoms with E-state index in [4.69, 9.17) is 5.73 Å². The Hall–Kier alpha value is -0.0962. The van der Waals surface area contributed by atoms with Gasteiger partial charge in [0, 0.05) is 22.1 Å². The molecule has 0 aliphatic heterocycles. The summed E-state index contributed by atoms with van der Waals surface area (Å²) in [5.41, 5.74) is 5.46. The van der Waals surface area contributed by atoms with Crippen LogP contribution in [0.25, 0.3) is 0 Å².